The van der Waals surface area contributed by atoms with Gasteiger partial charge in [0.25, 0.3) is 0 Å². The summed E-state index contributed by atoms with van der Waals surface area (Å²) >= 11 is 0. The molecule has 0 saturated carbocycles. The predicted molar refractivity (Wildman–Crippen MR) is 59.2 cm³/mol. The quantitative estimate of drug-likeness (QED) is 0.519. The van der Waals surface area contributed by atoms with Crippen LogP contribution in [0.2, 0.25) is 0 Å². The van der Waals surface area contributed by atoms with Crippen molar-refractivity contribution in [3.8, 4) is 0 Å². The fraction of sp³-hybridized carbons (Fsp3) is 0.333. The van der Waals surface area contributed by atoms with Crippen LogP contribution in [-0.2, 0) is 0 Å². The van der Waals surface area contributed by atoms with E-state index in [-0.39, 0.29) is 5.54 Å². The average molecular weight is 189 g/mol. The maximum atomic E-state index is 10.4. The van der Waals surface area contributed by atoms with Crippen LogP contribution in [0.25, 0.3) is 0 Å². The van der Waals surface area contributed by atoms with Gasteiger partial charge >= 0.3 is 0 Å². The highest BCUT2D eigenvalue weighted by Gasteiger charge is 2.04. The van der Waals surface area contributed by atoms with Crippen LogP contribution in [0.4, 0.5) is 0 Å². The van der Waals surface area contributed by atoms with Crippen molar-refractivity contribution in [2.24, 2.45) is 4.99 Å². The zero-order chi connectivity index (χ0) is 10.6. The number of benzene rings is 1. The Hall–Kier alpha value is -1.44. The molecular weight excluding hydrogens is 174 g/mol. The number of nitrogens with zero attached hydrogens (tertiary/aromatic N) is 1. The maximum Gasteiger partial charge on any atom is 0.150 e. The lowest BCUT2D eigenvalue weighted by atomic mass is 10.1. The summed E-state index contributed by atoms with van der Waals surface area (Å²) in [7, 11) is 0. The van der Waals surface area contributed by atoms with Crippen LogP contribution in [0.1, 0.15) is 36.7 Å². The second-order valence-electron chi connectivity index (χ2n) is 4.21. The van der Waals surface area contributed by atoms with E-state index in [1.807, 2.05) is 39.1 Å². The normalized spacial score (nSPS) is 11.9. The predicted octanol–water partition coefficient (Wildman–Crippen LogP) is 2.72. The molecule has 0 N–H and O–H groups in total. The van der Waals surface area contributed by atoms with Gasteiger partial charge in [-0.1, -0.05) is 24.3 Å². The molecule has 0 spiro atoms. The van der Waals surface area contributed by atoms with Gasteiger partial charge < -0.3 is 0 Å². The van der Waals surface area contributed by atoms with Crippen LogP contribution in [0.5, 0.6) is 0 Å². The van der Waals surface area contributed by atoms with Crippen molar-refractivity contribution in [3.63, 3.8) is 0 Å². The molecule has 0 heterocycles. The number of aldehydes is 1. The molecule has 0 atom stereocenters. The third-order valence-electron chi connectivity index (χ3n) is 1.67. The second-order valence-corrected chi connectivity index (χ2v) is 4.21. The summed E-state index contributed by atoms with van der Waals surface area (Å²) in [6.07, 6.45) is 2.67. The SMILES string of the molecule is CC(C)(C)N=Cc1ccc(C=O)cc1. The van der Waals surface area contributed by atoms with E-state index in [9.17, 15) is 4.79 Å². The Labute approximate surface area is 84.7 Å². The summed E-state index contributed by atoms with van der Waals surface area (Å²) in [6.45, 7) is 6.13. The fourth-order valence-electron chi connectivity index (χ4n) is 0.929. The number of carbonyl (C=O) groups is 1. The minimum Gasteiger partial charge on any atom is -0.298 e. The van der Waals surface area contributed by atoms with E-state index in [4.69, 9.17) is 0 Å². The largest absolute Gasteiger partial charge is 0.298 e. The van der Waals surface area contributed by atoms with Crippen molar-refractivity contribution < 1.29 is 4.79 Å². The summed E-state index contributed by atoms with van der Waals surface area (Å²) in [5.74, 6) is 0. The van der Waals surface area contributed by atoms with E-state index in [0.717, 1.165) is 11.8 Å². The van der Waals surface area contributed by atoms with Crippen LogP contribution in [0, 0.1) is 0 Å². The summed E-state index contributed by atoms with van der Waals surface area (Å²) in [6, 6.07) is 7.35. The first-order valence-corrected chi connectivity index (χ1v) is 4.62. The highest BCUT2D eigenvalue weighted by atomic mass is 16.1. The van der Waals surface area contributed by atoms with E-state index in [1.165, 1.54) is 0 Å². The molecule has 0 unspecified atom stereocenters. The number of hydrogen-bond donors (Lipinski definition) is 0. The van der Waals surface area contributed by atoms with E-state index >= 15 is 0 Å². The highest BCUT2D eigenvalue weighted by Crippen LogP contribution is 2.07. The summed E-state index contributed by atoms with van der Waals surface area (Å²) in [5, 5.41) is 0. The monoisotopic (exact) mass is 189 g/mol. The zero-order valence-corrected chi connectivity index (χ0v) is 8.82. The van der Waals surface area contributed by atoms with Crippen molar-refractivity contribution in [1.82, 2.24) is 0 Å². The first-order valence-electron chi connectivity index (χ1n) is 4.62. The van der Waals surface area contributed by atoms with Gasteiger partial charge in [-0.3, -0.25) is 9.79 Å². The van der Waals surface area contributed by atoms with Crippen molar-refractivity contribution in [2.75, 3.05) is 0 Å². The first kappa shape index (κ1) is 10.6. The molecule has 0 bridgehead atoms. The molecule has 0 amide bonds. The molecule has 2 heteroatoms. The van der Waals surface area contributed by atoms with Crippen molar-refractivity contribution in [3.05, 3.63) is 35.4 Å². The molecule has 1 aromatic rings. The first-order chi connectivity index (χ1) is 6.51. The van der Waals surface area contributed by atoms with Gasteiger partial charge in [0.1, 0.15) is 6.29 Å². The van der Waals surface area contributed by atoms with E-state index in [2.05, 4.69) is 4.99 Å². The molecular formula is C12H15NO. The Balaban J connectivity index is 2.78. The Morgan fingerprint density at radius 1 is 1.07 bits per heavy atom. The van der Waals surface area contributed by atoms with Gasteiger partial charge in [0.2, 0.25) is 0 Å². The minimum absolute atomic E-state index is 0.0523. The average Bonchev–Trinajstić information content (AvgIpc) is 2.14. The molecule has 1 rings (SSSR count). The molecule has 0 aliphatic heterocycles. The van der Waals surface area contributed by atoms with Crippen LogP contribution in [0.3, 0.4) is 0 Å². The molecule has 74 valence electrons. The third kappa shape index (κ3) is 3.52. The van der Waals surface area contributed by atoms with Gasteiger partial charge in [-0.05, 0) is 26.3 Å². The van der Waals surface area contributed by atoms with Gasteiger partial charge in [0.05, 0.1) is 5.54 Å². The van der Waals surface area contributed by atoms with Gasteiger partial charge in [-0.2, -0.15) is 0 Å². The van der Waals surface area contributed by atoms with Crippen LogP contribution in [-0.4, -0.2) is 18.0 Å². The van der Waals surface area contributed by atoms with Crippen molar-refractivity contribution in [1.29, 1.82) is 0 Å². The molecule has 0 saturated heterocycles. The molecule has 0 aromatic heterocycles. The minimum atomic E-state index is -0.0523. The van der Waals surface area contributed by atoms with Gasteiger partial charge in [-0.25, -0.2) is 0 Å². The highest BCUT2D eigenvalue weighted by molar-refractivity contribution is 5.82. The Bertz CT molecular complexity index is 330. The van der Waals surface area contributed by atoms with Gasteiger partial charge in [0.15, 0.2) is 0 Å². The number of rotatable bonds is 2. The molecule has 0 aliphatic carbocycles. The fourth-order valence-corrected chi connectivity index (χ4v) is 0.929. The molecule has 0 fully saturated rings. The van der Waals surface area contributed by atoms with Crippen molar-refractivity contribution in [2.45, 2.75) is 26.3 Å². The number of hydrogen-bond acceptors (Lipinski definition) is 2. The summed E-state index contributed by atoms with van der Waals surface area (Å²) in [5.41, 5.74) is 1.66. The van der Waals surface area contributed by atoms with Crippen LogP contribution >= 0.6 is 0 Å². The lowest BCUT2D eigenvalue weighted by molar-refractivity contribution is 0.112. The van der Waals surface area contributed by atoms with Crippen molar-refractivity contribution >= 4 is 12.5 Å². The molecule has 2 nitrogen and oxygen atoms in total. The smallest absolute Gasteiger partial charge is 0.150 e. The number of carbonyl (C=O) groups excluding carboxylic acids is 1. The summed E-state index contributed by atoms with van der Waals surface area (Å²) in [4.78, 5) is 14.8. The lowest BCUT2D eigenvalue weighted by Gasteiger charge is -2.10. The molecule has 1 aromatic carbocycles. The summed E-state index contributed by atoms with van der Waals surface area (Å²) < 4.78 is 0. The van der Waals surface area contributed by atoms with Crippen LogP contribution < -0.4 is 0 Å². The lowest BCUT2D eigenvalue weighted by Crippen LogP contribution is -2.09. The molecule has 14 heavy (non-hydrogen) atoms. The number of aliphatic imine (C=N–C) groups is 1. The Morgan fingerprint density at radius 3 is 2.00 bits per heavy atom. The maximum absolute atomic E-state index is 10.4. The molecule has 0 radical (unpaired) electrons. The van der Waals surface area contributed by atoms with E-state index in [0.29, 0.717) is 5.56 Å². The Morgan fingerprint density at radius 2 is 1.57 bits per heavy atom. The van der Waals surface area contributed by atoms with Gasteiger partial charge in [0, 0.05) is 11.8 Å². The standard InChI is InChI=1S/C12H15NO/c1-12(2,3)13-8-10-4-6-11(9-14)7-5-10/h4-9H,1-3H3. The Kier molecular flexibility index (Phi) is 3.18. The van der Waals surface area contributed by atoms with E-state index < -0.39 is 0 Å². The molecule has 0 aliphatic rings. The van der Waals surface area contributed by atoms with Crippen LogP contribution in [0.15, 0.2) is 29.3 Å². The van der Waals surface area contributed by atoms with Gasteiger partial charge in [-0.15, -0.1) is 0 Å². The zero-order valence-electron chi connectivity index (χ0n) is 8.82. The second kappa shape index (κ2) is 4.18. The topological polar surface area (TPSA) is 29.4 Å². The van der Waals surface area contributed by atoms with E-state index in [1.54, 1.807) is 12.1 Å². The third-order valence-corrected chi connectivity index (χ3v) is 1.67.